The monoisotopic (exact) mass is 1880 g/mol. The van der Waals surface area contributed by atoms with Crippen LogP contribution in [0, 0.1) is 0 Å². The minimum absolute atomic E-state index is 0.359. The van der Waals surface area contributed by atoms with E-state index in [1.165, 1.54) is 0 Å². The van der Waals surface area contributed by atoms with Gasteiger partial charge in [0.05, 0.1) is 0 Å². The van der Waals surface area contributed by atoms with Crippen LogP contribution in [0.1, 0.15) is 138 Å². The normalized spacial score (nSPS) is 10.4. The number of ether oxygens (including phenoxy) is 27. The molecule has 0 heterocycles. The molecular weight excluding hydrogens is 1810 g/mol. The molecular formula is C88H74O47. The van der Waals surface area contributed by atoms with Gasteiger partial charge >= 0.3 is 119 Å². The molecule has 0 amide bonds. The third-order valence-electron chi connectivity index (χ3n) is 14.8. The summed E-state index contributed by atoms with van der Waals surface area (Å²) in [6, 6.07) is 11.8. The quantitative estimate of drug-likeness (QED) is 0.0267. The van der Waals surface area contributed by atoms with E-state index in [4.69, 9.17) is 128 Å². The lowest BCUT2D eigenvalue weighted by atomic mass is 10.2. The van der Waals surface area contributed by atoms with E-state index in [0.29, 0.717) is 12.1 Å². The standard InChI is InChI=1S/C88H74O47/c1-35(89)109-55-21-56(110-36(2)90)23-57(22-55)130-84-74(32-70(120-46(12)100)80(123-49(15)103)86(84)126-52(18)106)134-79-68(118-44(10)98)28-60(29-69(79)119-45(11)99)131-83-72(122-48(14)102)34-73(82(125-51(17)105)88(83)128-54(20)108)133-77-66(116-42(8)96)30-61(31-67(77)117-43(9)97)132-85-75(33-71(121-47(13)101)81(124-50(16)104)87(85)127-53(19)107)135-78-64(114-40(6)94)26-59(27-65(78)115-41(7)95)129-76-62(112-38(4)92)24-58(111-37(3)91)25-63(76)113-39(5)93/h21-34H,1-20H3. The van der Waals surface area contributed by atoms with E-state index < -0.39 is 298 Å². The first-order valence-corrected chi connectivity index (χ1v) is 38.2. The number of hydrogen-bond acceptors (Lipinski definition) is 47. The number of carbonyl (C=O) groups is 20. The van der Waals surface area contributed by atoms with Gasteiger partial charge in [-0.2, -0.15) is 0 Å². The van der Waals surface area contributed by atoms with Crippen molar-refractivity contribution < 1.29 is 224 Å². The lowest BCUT2D eigenvalue weighted by Crippen LogP contribution is -2.13. The molecule has 8 rings (SSSR count). The highest BCUT2D eigenvalue weighted by Crippen LogP contribution is 2.62. The van der Waals surface area contributed by atoms with Crippen LogP contribution in [0.3, 0.4) is 0 Å². The molecule has 135 heavy (non-hydrogen) atoms. The fourth-order valence-corrected chi connectivity index (χ4v) is 11.1. The van der Waals surface area contributed by atoms with Gasteiger partial charge in [0.15, 0.2) is 80.5 Å². The highest BCUT2D eigenvalue weighted by atomic mass is 16.7. The van der Waals surface area contributed by atoms with Gasteiger partial charge in [0, 0.05) is 223 Å². The Kier molecular flexibility index (Phi) is 33.8. The van der Waals surface area contributed by atoms with Crippen LogP contribution < -0.4 is 128 Å². The summed E-state index contributed by atoms with van der Waals surface area (Å²) in [5.74, 6) is -51.6. The van der Waals surface area contributed by atoms with Gasteiger partial charge in [-0.25, -0.2) is 0 Å². The Balaban J connectivity index is 1.41. The zero-order valence-electron chi connectivity index (χ0n) is 74.3. The maximum atomic E-state index is 13.6. The first-order valence-electron chi connectivity index (χ1n) is 38.2. The lowest BCUT2D eigenvalue weighted by molar-refractivity contribution is -0.135. The van der Waals surface area contributed by atoms with Crippen LogP contribution in [-0.2, 0) is 95.9 Å². The minimum atomic E-state index is -1.34. The van der Waals surface area contributed by atoms with E-state index in [0.717, 1.165) is 211 Å². The van der Waals surface area contributed by atoms with E-state index >= 15 is 0 Å². The number of hydrogen-bond donors (Lipinski definition) is 0. The summed E-state index contributed by atoms with van der Waals surface area (Å²) < 4.78 is 154. The molecule has 47 nitrogen and oxygen atoms in total. The molecule has 0 saturated carbocycles. The molecule has 0 saturated heterocycles. The maximum Gasteiger partial charge on any atom is 0.308 e. The van der Waals surface area contributed by atoms with Gasteiger partial charge in [-0.05, 0) is 0 Å². The van der Waals surface area contributed by atoms with Gasteiger partial charge in [-0.1, -0.05) is 0 Å². The fourth-order valence-electron chi connectivity index (χ4n) is 11.1. The number of carbonyl (C=O) groups excluding carboxylic acids is 20. The summed E-state index contributed by atoms with van der Waals surface area (Å²) in [6.45, 7) is 17.3. The Morgan fingerprint density at radius 3 is 0.444 bits per heavy atom. The highest BCUT2D eigenvalue weighted by Gasteiger charge is 2.38. The topological polar surface area (TPSA) is 591 Å². The van der Waals surface area contributed by atoms with Crippen LogP contribution in [0.4, 0.5) is 0 Å². The molecule has 47 heteroatoms. The molecule has 0 N–H and O–H groups in total. The Morgan fingerprint density at radius 2 is 0.237 bits per heavy atom. The predicted octanol–water partition coefficient (Wildman–Crippen LogP) is 12.7. The second-order valence-electron chi connectivity index (χ2n) is 26.8. The first-order chi connectivity index (χ1) is 63.2. The fraction of sp³-hybridized carbons (Fsp3) is 0.227. The van der Waals surface area contributed by atoms with Crippen molar-refractivity contribution in [1.82, 2.24) is 0 Å². The molecule has 0 spiro atoms. The van der Waals surface area contributed by atoms with Crippen molar-refractivity contribution in [1.29, 1.82) is 0 Å². The SMILES string of the molecule is CC(=O)Oc1cc(OC(C)=O)cc(Oc2c(Oc3c(OC(C)=O)cc(Oc4c(OC(C)=O)cc(Oc5c(OC(C)=O)cc(Oc6c(Oc7c(OC(C)=O)cc(Oc8c(OC(C)=O)cc(OC(C)=O)cc8OC(C)=O)cc7OC(C)=O)cc(OC(C)=O)c(OC(C)=O)c6OC(C)=O)cc5OC(C)=O)c(OC(C)=O)c4OC(C)=O)cc3OC(C)=O)cc(OC(C)=O)c(OC(C)=O)c2OC(C)=O)c1. The highest BCUT2D eigenvalue weighted by molar-refractivity contribution is 5.89. The molecule has 0 aliphatic heterocycles. The van der Waals surface area contributed by atoms with E-state index in [1.54, 1.807) is 0 Å². The molecule has 708 valence electrons. The summed E-state index contributed by atoms with van der Waals surface area (Å²) in [5.41, 5.74) is 0. The Bertz CT molecular complexity index is 6120. The van der Waals surface area contributed by atoms with E-state index in [1.807, 2.05) is 0 Å². The Hall–Kier alpha value is -18.2. The van der Waals surface area contributed by atoms with E-state index in [-0.39, 0.29) is 17.2 Å². The van der Waals surface area contributed by atoms with Gasteiger partial charge < -0.3 is 128 Å². The second-order valence-corrected chi connectivity index (χ2v) is 26.8. The summed E-state index contributed by atoms with van der Waals surface area (Å²) in [6.07, 6.45) is 0. The number of rotatable bonds is 34. The molecule has 0 radical (unpaired) electrons. The van der Waals surface area contributed by atoms with Gasteiger partial charge in [0.1, 0.15) is 40.2 Å². The minimum Gasteiger partial charge on any atom is -0.449 e. The molecule has 0 aliphatic rings. The van der Waals surface area contributed by atoms with Crippen LogP contribution in [0.25, 0.3) is 0 Å². The van der Waals surface area contributed by atoms with Gasteiger partial charge in [-0.15, -0.1) is 0 Å². The van der Waals surface area contributed by atoms with Crippen molar-refractivity contribution in [2.24, 2.45) is 0 Å². The summed E-state index contributed by atoms with van der Waals surface area (Å²) in [4.78, 5) is 261. The van der Waals surface area contributed by atoms with Crippen molar-refractivity contribution in [3.8, 4) is 195 Å². The Morgan fingerprint density at radius 1 is 0.111 bits per heavy atom. The van der Waals surface area contributed by atoms with Gasteiger partial charge in [-0.3, -0.25) is 95.9 Å². The van der Waals surface area contributed by atoms with Gasteiger partial charge in [0.2, 0.25) is 74.7 Å². The van der Waals surface area contributed by atoms with Crippen molar-refractivity contribution >= 4 is 119 Å². The molecule has 8 aromatic rings. The van der Waals surface area contributed by atoms with E-state index in [9.17, 15) is 95.9 Å². The molecule has 0 atom stereocenters. The van der Waals surface area contributed by atoms with Crippen molar-refractivity contribution in [3.05, 3.63) is 84.9 Å². The predicted molar refractivity (Wildman–Crippen MR) is 438 cm³/mol. The van der Waals surface area contributed by atoms with Crippen molar-refractivity contribution in [2.75, 3.05) is 0 Å². The van der Waals surface area contributed by atoms with Crippen LogP contribution in [0.5, 0.6) is 195 Å². The van der Waals surface area contributed by atoms with E-state index in [2.05, 4.69) is 0 Å². The van der Waals surface area contributed by atoms with Crippen LogP contribution in [0.2, 0.25) is 0 Å². The molecule has 0 aliphatic carbocycles. The maximum absolute atomic E-state index is 13.6. The van der Waals surface area contributed by atoms with Crippen LogP contribution >= 0.6 is 0 Å². The van der Waals surface area contributed by atoms with Gasteiger partial charge in [0.25, 0.3) is 0 Å². The average Bonchev–Trinajstić information content (AvgIpc) is 0.764. The zero-order chi connectivity index (χ0) is 100. The average molecular weight is 1880 g/mol. The summed E-state index contributed by atoms with van der Waals surface area (Å²) in [7, 11) is 0. The zero-order valence-corrected chi connectivity index (χ0v) is 74.3. The molecule has 0 fully saturated rings. The Labute approximate surface area is 759 Å². The lowest BCUT2D eigenvalue weighted by Gasteiger charge is -2.23. The first kappa shape index (κ1) is 102. The second kappa shape index (κ2) is 44.7. The third-order valence-corrected chi connectivity index (χ3v) is 14.8. The molecule has 0 unspecified atom stereocenters. The number of benzene rings is 8. The van der Waals surface area contributed by atoms with Crippen molar-refractivity contribution in [3.63, 3.8) is 0 Å². The molecule has 0 aromatic heterocycles. The smallest absolute Gasteiger partial charge is 0.308 e. The summed E-state index contributed by atoms with van der Waals surface area (Å²) >= 11 is 0. The van der Waals surface area contributed by atoms with Crippen molar-refractivity contribution in [2.45, 2.75) is 138 Å². The third kappa shape index (κ3) is 29.4. The molecule has 8 aromatic carbocycles. The molecule has 0 bridgehead atoms. The summed E-state index contributed by atoms with van der Waals surface area (Å²) in [5, 5.41) is 0. The van der Waals surface area contributed by atoms with Crippen LogP contribution in [0.15, 0.2) is 84.9 Å². The van der Waals surface area contributed by atoms with Crippen LogP contribution in [-0.4, -0.2) is 119 Å². The number of esters is 20. The largest absolute Gasteiger partial charge is 0.449 e.